The lowest BCUT2D eigenvalue weighted by molar-refractivity contribution is 0.0688. The van der Waals surface area contributed by atoms with Crippen LogP contribution in [0.1, 0.15) is 41.3 Å². The Bertz CT molecular complexity index is 958. The average molecular weight is 374 g/mol. The van der Waals surface area contributed by atoms with Crippen LogP contribution in [0.3, 0.4) is 0 Å². The summed E-state index contributed by atoms with van der Waals surface area (Å²) in [5, 5.41) is 9.85. The van der Waals surface area contributed by atoms with Crippen LogP contribution in [-0.2, 0) is 12.8 Å². The van der Waals surface area contributed by atoms with Crippen LogP contribution in [-0.4, -0.2) is 34.7 Å². The van der Waals surface area contributed by atoms with Gasteiger partial charge in [0.1, 0.15) is 11.5 Å². The van der Waals surface area contributed by atoms with Crippen molar-refractivity contribution in [3.8, 4) is 22.8 Å². The number of fused-ring (bicyclic) bond motifs is 1. The summed E-state index contributed by atoms with van der Waals surface area (Å²) in [5.74, 6) is 0.389. The van der Waals surface area contributed by atoms with Crippen molar-refractivity contribution >= 4 is 22.3 Å². The Morgan fingerprint density at radius 3 is 2.62 bits per heavy atom. The van der Waals surface area contributed by atoms with Crippen molar-refractivity contribution < 1.29 is 19.4 Å². The number of aryl methyl sites for hydroxylation is 2. The molecule has 0 aliphatic rings. The maximum absolute atomic E-state index is 12.0. The summed E-state index contributed by atoms with van der Waals surface area (Å²) in [6.45, 7) is 4.07. The van der Waals surface area contributed by atoms with Gasteiger partial charge < -0.3 is 14.6 Å². The number of ether oxygens (including phenoxy) is 2. The SMILES string of the molecule is CCCc1nc2sc(CC)c(-c3cc(OC)ccc3OC)n2c1C(=O)O. The smallest absolute Gasteiger partial charge is 0.354 e. The molecule has 0 bridgehead atoms. The normalized spacial score (nSPS) is 11.1. The Balaban J connectivity index is 2.40. The second-order valence-electron chi connectivity index (χ2n) is 5.87. The summed E-state index contributed by atoms with van der Waals surface area (Å²) in [6.07, 6.45) is 2.24. The molecule has 1 N–H and O–H groups in total. The van der Waals surface area contributed by atoms with Crippen LogP contribution in [0, 0.1) is 0 Å². The molecule has 0 unspecified atom stereocenters. The number of aromatic nitrogens is 2. The molecule has 0 saturated heterocycles. The minimum absolute atomic E-state index is 0.234. The minimum Gasteiger partial charge on any atom is -0.497 e. The molecule has 2 aromatic heterocycles. The number of thiazole rings is 1. The number of carboxylic acid groups (broad SMARTS) is 1. The van der Waals surface area contributed by atoms with E-state index in [0.717, 1.165) is 29.0 Å². The summed E-state index contributed by atoms with van der Waals surface area (Å²) in [4.78, 5) is 18.4. The third-order valence-electron chi connectivity index (χ3n) is 4.29. The number of aromatic carboxylic acids is 1. The van der Waals surface area contributed by atoms with Crippen molar-refractivity contribution in [2.75, 3.05) is 14.2 Å². The lowest BCUT2D eigenvalue weighted by atomic mass is 10.1. The highest BCUT2D eigenvalue weighted by molar-refractivity contribution is 7.17. The molecule has 0 fully saturated rings. The van der Waals surface area contributed by atoms with Gasteiger partial charge in [-0.3, -0.25) is 4.40 Å². The van der Waals surface area contributed by atoms with Gasteiger partial charge in [-0.2, -0.15) is 0 Å². The molecule has 7 heteroatoms. The van der Waals surface area contributed by atoms with Crippen molar-refractivity contribution in [1.29, 1.82) is 0 Å². The Hall–Kier alpha value is -2.54. The fraction of sp³-hybridized carbons (Fsp3) is 0.368. The average Bonchev–Trinajstić information content (AvgIpc) is 3.16. The first-order valence-corrected chi connectivity index (χ1v) is 9.35. The molecule has 138 valence electrons. The lowest BCUT2D eigenvalue weighted by Gasteiger charge is -2.12. The number of carboxylic acids is 1. The van der Waals surface area contributed by atoms with E-state index in [1.165, 1.54) is 11.3 Å². The van der Waals surface area contributed by atoms with Gasteiger partial charge in [0, 0.05) is 10.4 Å². The number of carbonyl (C=O) groups is 1. The molecule has 3 aromatic rings. The Kier molecular flexibility index (Phi) is 5.18. The molecule has 0 radical (unpaired) electrons. The zero-order chi connectivity index (χ0) is 18.8. The lowest BCUT2D eigenvalue weighted by Crippen LogP contribution is -2.07. The largest absolute Gasteiger partial charge is 0.497 e. The fourth-order valence-electron chi connectivity index (χ4n) is 3.14. The first-order valence-electron chi connectivity index (χ1n) is 8.54. The van der Waals surface area contributed by atoms with E-state index in [4.69, 9.17) is 9.47 Å². The molecule has 0 amide bonds. The highest BCUT2D eigenvalue weighted by Crippen LogP contribution is 2.40. The number of methoxy groups -OCH3 is 2. The highest BCUT2D eigenvalue weighted by Gasteiger charge is 2.26. The van der Waals surface area contributed by atoms with Crippen LogP contribution in [0.4, 0.5) is 0 Å². The third-order valence-corrected chi connectivity index (χ3v) is 5.48. The first-order chi connectivity index (χ1) is 12.5. The number of nitrogens with zero attached hydrogens (tertiary/aromatic N) is 2. The molecule has 0 atom stereocenters. The highest BCUT2D eigenvalue weighted by atomic mass is 32.1. The molecular weight excluding hydrogens is 352 g/mol. The molecule has 3 rings (SSSR count). The van der Waals surface area contributed by atoms with E-state index in [9.17, 15) is 9.90 Å². The number of benzene rings is 1. The molecule has 0 aliphatic carbocycles. The van der Waals surface area contributed by atoms with E-state index in [1.54, 1.807) is 18.6 Å². The van der Waals surface area contributed by atoms with Crippen LogP contribution >= 0.6 is 11.3 Å². The second-order valence-corrected chi connectivity index (χ2v) is 6.94. The monoisotopic (exact) mass is 374 g/mol. The molecule has 1 aromatic carbocycles. The van der Waals surface area contributed by atoms with Gasteiger partial charge in [0.05, 0.1) is 25.6 Å². The van der Waals surface area contributed by atoms with Gasteiger partial charge in [-0.1, -0.05) is 20.3 Å². The molecule has 0 spiro atoms. The van der Waals surface area contributed by atoms with Gasteiger partial charge in [0.2, 0.25) is 0 Å². The van der Waals surface area contributed by atoms with Gasteiger partial charge >= 0.3 is 5.97 Å². The summed E-state index contributed by atoms with van der Waals surface area (Å²) < 4.78 is 12.7. The number of imidazole rings is 1. The Labute approximate surface area is 156 Å². The van der Waals surface area contributed by atoms with Crippen LogP contribution < -0.4 is 9.47 Å². The fourth-order valence-corrected chi connectivity index (χ4v) is 4.23. The van der Waals surface area contributed by atoms with Crippen molar-refractivity contribution in [3.63, 3.8) is 0 Å². The summed E-state index contributed by atoms with van der Waals surface area (Å²) in [5.41, 5.74) is 2.48. The van der Waals surface area contributed by atoms with Crippen molar-refractivity contribution in [2.24, 2.45) is 0 Å². The summed E-state index contributed by atoms with van der Waals surface area (Å²) in [6, 6.07) is 5.54. The predicted molar refractivity (Wildman–Crippen MR) is 102 cm³/mol. The van der Waals surface area contributed by atoms with Crippen molar-refractivity contribution in [2.45, 2.75) is 33.1 Å². The molecular formula is C19H22N2O4S. The van der Waals surface area contributed by atoms with Crippen molar-refractivity contribution in [1.82, 2.24) is 9.38 Å². The van der Waals surface area contributed by atoms with Gasteiger partial charge in [0.15, 0.2) is 10.7 Å². The van der Waals surface area contributed by atoms with Crippen molar-refractivity contribution in [3.05, 3.63) is 34.5 Å². The van der Waals surface area contributed by atoms with E-state index < -0.39 is 5.97 Å². The summed E-state index contributed by atoms with van der Waals surface area (Å²) >= 11 is 1.52. The van der Waals surface area contributed by atoms with E-state index in [-0.39, 0.29) is 5.69 Å². The van der Waals surface area contributed by atoms with E-state index >= 15 is 0 Å². The molecule has 26 heavy (non-hydrogen) atoms. The van der Waals surface area contributed by atoms with E-state index in [0.29, 0.717) is 28.6 Å². The number of hydrogen-bond acceptors (Lipinski definition) is 5. The van der Waals surface area contributed by atoms with Gasteiger partial charge in [-0.15, -0.1) is 11.3 Å². The Morgan fingerprint density at radius 1 is 1.27 bits per heavy atom. The number of hydrogen-bond donors (Lipinski definition) is 1. The number of rotatable bonds is 7. The quantitative estimate of drug-likeness (QED) is 0.668. The summed E-state index contributed by atoms with van der Waals surface area (Å²) in [7, 11) is 3.21. The van der Waals surface area contributed by atoms with E-state index in [2.05, 4.69) is 11.9 Å². The maximum atomic E-state index is 12.0. The van der Waals surface area contributed by atoms with Crippen LogP contribution in [0.5, 0.6) is 11.5 Å². The topological polar surface area (TPSA) is 73.1 Å². The molecule has 0 aliphatic heterocycles. The first kappa shape index (κ1) is 18.3. The second kappa shape index (κ2) is 7.37. The molecule has 6 nitrogen and oxygen atoms in total. The van der Waals surface area contributed by atoms with Crippen LogP contribution in [0.2, 0.25) is 0 Å². The van der Waals surface area contributed by atoms with Gasteiger partial charge in [-0.25, -0.2) is 9.78 Å². The minimum atomic E-state index is -0.968. The zero-order valence-corrected chi connectivity index (χ0v) is 16.1. The van der Waals surface area contributed by atoms with Gasteiger partial charge in [0.25, 0.3) is 0 Å². The Morgan fingerprint density at radius 2 is 2.04 bits per heavy atom. The predicted octanol–water partition coefficient (Wildman–Crippen LogP) is 4.29. The van der Waals surface area contributed by atoms with Crippen LogP contribution in [0.25, 0.3) is 16.2 Å². The maximum Gasteiger partial charge on any atom is 0.354 e. The zero-order valence-electron chi connectivity index (χ0n) is 15.3. The molecule has 0 saturated carbocycles. The molecule has 2 heterocycles. The standard InChI is InChI=1S/C19H22N2O4S/c1-5-7-13-17(18(22)23)21-16(15(6-2)26-19(21)20-13)12-10-11(24-3)8-9-14(12)25-4/h8-10H,5-7H2,1-4H3,(H,22,23). The van der Waals surface area contributed by atoms with E-state index in [1.807, 2.05) is 25.1 Å². The van der Waals surface area contributed by atoms with Gasteiger partial charge in [-0.05, 0) is 31.0 Å². The third kappa shape index (κ3) is 2.92. The van der Waals surface area contributed by atoms with Crippen LogP contribution in [0.15, 0.2) is 18.2 Å².